The minimum Gasteiger partial charge on any atom is -0.279 e. The van der Waals surface area contributed by atoms with Gasteiger partial charge in [0.1, 0.15) is 0 Å². The average Bonchev–Trinajstić information content (AvgIpc) is 3.07. The van der Waals surface area contributed by atoms with Crippen LogP contribution in [-0.4, -0.2) is 14.1 Å². The number of nitrogens with one attached hydrogen (secondary N) is 1. The zero-order valence-corrected chi connectivity index (χ0v) is 13.9. The van der Waals surface area contributed by atoms with E-state index in [4.69, 9.17) is 0 Å². The van der Waals surface area contributed by atoms with Crippen LogP contribution in [0.1, 0.15) is 31.2 Å². The van der Waals surface area contributed by atoms with Gasteiger partial charge in [-0.15, -0.1) is 0 Å². The summed E-state index contributed by atoms with van der Waals surface area (Å²) < 4.78 is 25.2. The lowest BCUT2D eigenvalue weighted by molar-refractivity contribution is 0.596. The lowest BCUT2D eigenvalue weighted by atomic mass is 10.2. The van der Waals surface area contributed by atoms with Crippen molar-refractivity contribution in [1.29, 1.82) is 0 Å². The van der Waals surface area contributed by atoms with Gasteiger partial charge in [-0.2, -0.15) is 5.10 Å². The number of anilines is 1. The smallest absolute Gasteiger partial charge is 0.206 e. The Morgan fingerprint density at radius 3 is 1.96 bits per heavy atom. The Morgan fingerprint density at radius 1 is 0.870 bits per heavy atom. The number of rotatable bonds is 4. The number of benzene rings is 2. The molecule has 1 fully saturated rings. The zero-order valence-electron chi connectivity index (χ0n) is 13.1. The van der Waals surface area contributed by atoms with Crippen LogP contribution in [0, 0.1) is 6.92 Å². The second-order valence-corrected chi connectivity index (χ2v) is 7.79. The molecule has 0 aliphatic heterocycles. The Labute approximate surface area is 137 Å². The fourth-order valence-electron chi connectivity index (χ4n) is 2.60. The minimum absolute atomic E-state index is 0.292. The van der Waals surface area contributed by atoms with Gasteiger partial charge >= 0.3 is 0 Å². The largest absolute Gasteiger partial charge is 0.279 e. The van der Waals surface area contributed by atoms with Crippen molar-refractivity contribution in [3.05, 3.63) is 54.1 Å². The Morgan fingerprint density at radius 2 is 1.39 bits per heavy atom. The Hall–Kier alpha value is -2.14. The second kappa shape index (κ2) is 6.54. The summed E-state index contributed by atoms with van der Waals surface area (Å²) in [6, 6.07) is 13.6. The molecular formula is C18H20N2O2S. The van der Waals surface area contributed by atoms with Crippen LogP contribution in [0.5, 0.6) is 0 Å². The van der Waals surface area contributed by atoms with Crippen LogP contribution in [0.25, 0.3) is 0 Å². The molecule has 0 atom stereocenters. The predicted molar refractivity (Wildman–Crippen MR) is 92.6 cm³/mol. The fraction of sp³-hybridized carbons (Fsp3) is 0.278. The molecular weight excluding hydrogens is 308 g/mol. The van der Waals surface area contributed by atoms with E-state index in [0.717, 1.165) is 24.1 Å². The molecule has 0 radical (unpaired) electrons. The number of hydrazone groups is 1. The van der Waals surface area contributed by atoms with E-state index in [2.05, 4.69) is 10.5 Å². The van der Waals surface area contributed by atoms with E-state index < -0.39 is 9.84 Å². The summed E-state index contributed by atoms with van der Waals surface area (Å²) >= 11 is 0. The summed E-state index contributed by atoms with van der Waals surface area (Å²) in [5, 5.41) is 4.37. The third-order valence-electron chi connectivity index (χ3n) is 4.02. The molecule has 0 heterocycles. The maximum Gasteiger partial charge on any atom is 0.206 e. The monoisotopic (exact) mass is 328 g/mol. The van der Waals surface area contributed by atoms with E-state index in [1.807, 2.05) is 6.92 Å². The van der Waals surface area contributed by atoms with Crippen LogP contribution in [-0.2, 0) is 9.84 Å². The summed E-state index contributed by atoms with van der Waals surface area (Å²) in [5.41, 5.74) is 6.02. The van der Waals surface area contributed by atoms with Crippen molar-refractivity contribution in [2.24, 2.45) is 5.10 Å². The minimum atomic E-state index is -3.47. The topological polar surface area (TPSA) is 58.5 Å². The first-order valence-corrected chi connectivity index (χ1v) is 9.27. The number of aryl methyl sites for hydroxylation is 1. The van der Waals surface area contributed by atoms with Gasteiger partial charge in [-0.3, -0.25) is 5.43 Å². The molecule has 1 N–H and O–H groups in total. The Balaban J connectivity index is 1.78. The van der Waals surface area contributed by atoms with Gasteiger partial charge in [0.05, 0.1) is 15.5 Å². The molecule has 1 saturated carbocycles. The first-order valence-electron chi connectivity index (χ1n) is 7.79. The highest BCUT2D eigenvalue weighted by Crippen LogP contribution is 2.23. The van der Waals surface area contributed by atoms with Gasteiger partial charge < -0.3 is 0 Å². The molecule has 120 valence electrons. The third-order valence-corrected chi connectivity index (χ3v) is 5.81. The van der Waals surface area contributed by atoms with Crippen molar-refractivity contribution >= 4 is 21.2 Å². The van der Waals surface area contributed by atoms with Gasteiger partial charge in [0.15, 0.2) is 0 Å². The maximum atomic E-state index is 12.6. The van der Waals surface area contributed by atoms with Crippen LogP contribution in [0.2, 0.25) is 0 Å². The Bertz CT molecular complexity index is 799. The molecule has 0 amide bonds. The normalized spacial score (nSPS) is 14.7. The molecule has 0 bridgehead atoms. The number of hydrogen-bond donors (Lipinski definition) is 1. The molecule has 5 heteroatoms. The quantitative estimate of drug-likeness (QED) is 0.857. The molecule has 0 unspecified atom stereocenters. The third kappa shape index (κ3) is 3.62. The van der Waals surface area contributed by atoms with Gasteiger partial charge in [0.2, 0.25) is 9.84 Å². The molecule has 1 aliphatic carbocycles. The highest BCUT2D eigenvalue weighted by Gasteiger charge is 2.17. The standard InChI is InChI=1S/C18H20N2O2S/c1-14-6-10-17(11-7-14)23(21,22)18-12-8-16(9-13-18)20-19-15-4-2-3-5-15/h6-13,20H,2-5H2,1H3. The van der Waals surface area contributed by atoms with E-state index in [1.54, 1.807) is 48.5 Å². The molecule has 2 aromatic rings. The molecule has 3 rings (SSSR count). The van der Waals surface area contributed by atoms with Crippen molar-refractivity contribution in [3.63, 3.8) is 0 Å². The van der Waals surface area contributed by atoms with Crippen molar-refractivity contribution in [3.8, 4) is 0 Å². The van der Waals surface area contributed by atoms with Gasteiger partial charge in [-0.1, -0.05) is 17.7 Å². The maximum absolute atomic E-state index is 12.6. The van der Waals surface area contributed by atoms with E-state index in [-0.39, 0.29) is 0 Å². The molecule has 23 heavy (non-hydrogen) atoms. The fourth-order valence-corrected chi connectivity index (χ4v) is 3.86. The number of nitrogens with zero attached hydrogens (tertiary/aromatic N) is 1. The van der Waals surface area contributed by atoms with Crippen LogP contribution >= 0.6 is 0 Å². The van der Waals surface area contributed by atoms with E-state index in [1.165, 1.54) is 18.6 Å². The van der Waals surface area contributed by atoms with Crippen molar-refractivity contribution < 1.29 is 8.42 Å². The highest BCUT2D eigenvalue weighted by atomic mass is 32.2. The summed E-state index contributed by atoms with van der Waals surface area (Å²) in [4.78, 5) is 0.607. The first-order chi connectivity index (χ1) is 11.1. The van der Waals surface area contributed by atoms with Crippen molar-refractivity contribution in [2.75, 3.05) is 5.43 Å². The molecule has 1 aliphatic rings. The first kappa shape index (κ1) is 15.7. The van der Waals surface area contributed by atoms with Crippen molar-refractivity contribution in [2.45, 2.75) is 42.4 Å². The molecule has 0 saturated heterocycles. The molecule has 0 aromatic heterocycles. The van der Waals surface area contributed by atoms with Gasteiger partial charge in [0, 0.05) is 5.71 Å². The lowest BCUT2D eigenvalue weighted by Crippen LogP contribution is -2.02. The van der Waals surface area contributed by atoms with Gasteiger partial charge in [0.25, 0.3) is 0 Å². The van der Waals surface area contributed by atoms with Crippen LogP contribution in [0.3, 0.4) is 0 Å². The summed E-state index contributed by atoms with van der Waals surface area (Å²) in [7, 11) is -3.47. The summed E-state index contributed by atoms with van der Waals surface area (Å²) in [5.74, 6) is 0. The molecule has 4 nitrogen and oxygen atoms in total. The number of sulfone groups is 1. The molecule has 0 spiro atoms. The Kier molecular flexibility index (Phi) is 4.48. The predicted octanol–water partition coefficient (Wildman–Crippen LogP) is 4.17. The zero-order chi connectivity index (χ0) is 16.3. The highest BCUT2D eigenvalue weighted by molar-refractivity contribution is 7.91. The van der Waals surface area contributed by atoms with Crippen LogP contribution in [0.15, 0.2) is 63.4 Å². The van der Waals surface area contributed by atoms with Gasteiger partial charge in [-0.25, -0.2) is 8.42 Å². The number of hydrogen-bond acceptors (Lipinski definition) is 4. The average molecular weight is 328 g/mol. The van der Waals surface area contributed by atoms with Gasteiger partial charge in [-0.05, 0) is 69.0 Å². The summed E-state index contributed by atoms with van der Waals surface area (Å²) in [6.07, 6.45) is 4.50. The second-order valence-electron chi connectivity index (χ2n) is 5.84. The van der Waals surface area contributed by atoms with E-state index in [0.29, 0.717) is 9.79 Å². The SMILES string of the molecule is Cc1ccc(S(=O)(=O)c2ccc(NN=C3CCCC3)cc2)cc1. The lowest BCUT2D eigenvalue weighted by Gasteiger charge is -2.07. The van der Waals surface area contributed by atoms with Crippen molar-refractivity contribution in [1.82, 2.24) is 0 Å². The molecule has 2 aromatic carbocycles. The summed E-state index contributed by atoms with van der Waals surface area (Å²) in [6.45, 7) is 1.93. The van der Waals surface area contributed by atoms with E-state index >= 15 is 0 Å². The van der Waals surface area contributed by atoms with Crippen LogP contribution < -0.4 is 5.43 Å². The van der Waals surface area contributed by atoms with Crippen LogP contribution in [0.4, 0.5) is 5.69 Å². The van der Waals surface area contributed by atoms with E-state index in [9.17, 15) is 8.42 Å².